The number of anilines is 1. The number of aryl methyl sites for hydroxylation is 1. The van der Waals surface area contributed by atoms with Crippen LogP contribution in [0.25, 0.3) is 11.3 Å². The van der Waals surface area contributed by atoms with E-state index in [9.17, 15) is 15.0 Å². The normalized spacial score (nSPS) is 10.5. The second-order valence-electron chi connectivity index (χ2n) is 5.69. The highest BCUT2D eigenvalue weighted by atomic mass is 16.5. The fourth-order valence-corrected chi connectivity index (χ4v) is 2.63. The van der Waals surface area contributed by atoms with Crippen LogP contribution in [0.5, 0.6) is 17.2 Å². The van der Waals surface area contributed by atoms with E-state index >= 15 is 0 Å². The van der Waals surface area contributed by atoms with Gasteiger partial charge in [0.25, 0.3) is 5.91 Å². The zero-order chi connectivity index (χ0) is 18.7. The molecule has 3 rings (SSSR count). The zero-order valence-electron chi connectivity index (χ0n) is 14.4. The van der Waals surface area contributed by atoms with Gasteiger partial charge in [-0.05, 0) is 42.3 Å². The van der Waals surface area contributed by atoms with Gasteiger partial charge in [-0.2, -0.15) is 5.10 Å². The van der Waals surface area contributed by atoms with Gasteiger partial charge in [0.2, 0.25) is 0 Å². The molecule has 0 unspecified atom stereocenters. The Morgan fingerprint density at radius 2 is 1.92 bits per heavy atom. The van der Waals surface area contributed by atoms with Gasteiger partial charge in [0.1, 0.15) is 17.2 Å². The van der Waals surface area contributed by atoms with Crippen molar-refractivity contribution in [1.29, 1.82) is 0 Å². The predicted octanol–water partition coefficient (Wildman–Crippen LogP) is 3.31. The van der Waals surface area contributed by atoms with Crippen molar-refractivity contribution in [3.05, 3.63) is 53.7 Å². The highest BCUT2D eigenvalue weighted by Gasteiger charge is 2.17. The van der Waals surface area contributed by atoms with Crippen LogP contribution in [0.4, 0.5) is 5.69 Å². The third kappa shape index (κ3) is 3.32. The Morgan fingerprint density at radius 3 is 2.58 bits per heavy atom. The first-order valence-electron chi connectivity index (χ1n) is 8.07. The minimum atomic E-state index is -0.315. The lowest BCUT2D eigenvalue weighted by Crippen LogP contribution is -2.12. The van der Waals surface area contributed by atoms with Crippen LogP contribution in [0.3, 0.4) is 0 Å². The van der Waals surface area contributed by atoms with Crippen LogP contribution in [0.1, 0.15) is 22.8 Å². The fourth-order valence-electron chi connectivity index (χ4n) is 2.63. The lowest BCUT2D eigenvalue weighted by Gasteiger charge is -2.10. The molecule has 7 nitrogen and oxygen atoms in total. The smallest absolute Gasteiger partial charge is 0.255 e. The summed E-state index contributed by atoms with van der Waals surface area (Å²) in [7, 11) is 1.56. The molecule has 0 bridgehead atoms. The topological polar surface area (TPSA) is 107 Å². The van der Waals surface area contributed by atoms with E-state index in [4.69, 9.17) is 4.74 Å². The van der Waals surface area contributed by atoms with Crippen LogP contribution in [-0.4, -0.2) is 33.4 Å². The molecule has 1 heterocycles. The van der Waals surface area contributed by atoms with Gasteiger partial charge in [0, 0.05) is 17.2 Å². The second kappa shape index (κ2) is 7.18. The highest BCUT2D eigenvalue weighted by molar-refractivity contribution is 6.06. The number of hydrogen-bond donors (Lipinski definition) is 4. The Balaban J connectivity index is 1.90. The summed E-state index contributed by atoms with van der Waals surface area (Å²) in [5.41, 5.74) is 2.47. The Kier molecular flexibility index (Phi) is 4.79. The molecule has 0 aliphatic carbocycles. The molecule has 0 saturated carbocycles. The molecule has 2 aromatic carbocycles. The summed E-state index contributed by atoms with van der Waals surface area (Å²) < 4.78 is 5.08. The second-order valence-corrected chi connectivity index (χ2v) is 5.69. The number of hydrogen-bond acceptors (Lipinski definition) is 5. The average Bonchev–Trinajstić information content (AvgIpc) is 3.09. The number of phenolic OH excluding ortho intramolecular Hbond substituents is 2. The molecule has 3 aromatic rings. The van der Waals surface area contributed by atoms with Crippen molar-refractivity contribution in [2.45, 2.75) is 13.3 Å². The Bertz CT molecular complexity index is 932. The maximum Gasteiger partial charge on any atom is 0.255 e. The van der Waals surface area contributed by atoms with Crippen molar-refractivity contribution in [2.75, 3.05) is 12.4 Å². The lowest BCUT2D eigenvalue weighted by atomic mass is 10.0. The number of methoxy groups -OCH3 is 1. The van der Waals surface area contributed by atoms with Crippen molar-refractivity contribution in [2.24, 2.45) is 0 Å². The molecule has 0 aliphatic heterocycles. The van der Waals surface area contributed by atoms with Crippen LogP contribution < -0.4 is 10.1 Å². The summed E-state index contributed by atoms with van der Waals surface area (Å²) >= 11 is 0. The van der Waals surface area contributed by atoms with E-state index in [-0.39, 0.29) is 17.4 Å². The monoisotopic (exact) mass is 353 g/mol. The summed E-state index contributed by atoms with van der Waals surface area (Å²) in [4.78, 5) is 12.5. The number of benzene rings is 2. The van der Waals surface area contributed by atoms with Gasteiger partial charge >= 0.3 is 0 Å². The van der Waals surface area contributed by atoms with E-state index < -0.39 is 0 Å². The molecule has 4 N–H and O–H groups in total. The number of aromatic nitrogens is 2. The van der Waals surface area contributed by atoms with Gasteiger partial charge < -0.3 is 20.3 Å². The number of H-pyrrole nitrogens is 1. The maximum absolute atomic E-state index is 12.5. The number of aromatic hydroxyl groups is 2. The maximum atomic E-state index is 12.5. The number of aromatic amines is 1. The van der Waals surface area contributed by atoms with Gasteiger partial charge in [0.05, 0.1) is 24.7 Å². The highest BCUT2D eigenvalue weighted by Crippen LogP contribution is 2.37. The van der Waals surface area contributed by atoms with Gasteiger partial charge in [0.15, 0.2) is 0 Å². The van der Waals surface area contributed by atoms with Crippen LogP contribution in [0.2, 0.25) is 0 Å². The van der Waals surface area contributed by atoms with Crippen molar-refractivity contribution in [1.82, 2.24) is 10.2 Å². The van der Waals surface area contributed by atoms with E-state index in [0.717, 1.165) is 0 Å². The Labute approximate surface area is 150 Å². The number of ether oxygens (including phenoxy) is 1. The number of nitrogens with one attached hydrogen (secondary N) is 2. The number of nitrogens with zero attached hydrogens (tertiary/aromatic N) is 1. The van der Waals surface area contributed by atoms with E-state index in [2.05, 4.69) is 15.5 Å². The molecule has 1 aromatic heterocycles. The zero-order valence-corrected chi connectivity index (χ0v) is 14.4. The number of carbonyl (C=O) groups is 1. The van der Waals surface area contributed by atoms with Crippen LogP contribution >= 0.6 is 0 Å². The lowest BCUT2D eigenvalue weighted by molar-refractivity contribution is 0.102. The first-order chi connectivity index (χ1) is 12.5. The average molecular weight is 353 g/mol. The summed E-state index contributed by atoms with van der Waals surface area (Å²) in [6, 6.07) is 9.66. The first kappa shape index (κ1) is 17.3. The molecule has 0 spiro atoms. The molecule has 0 radical (unpaired) electrons. The fraction of sp³-hybridized carbons (Fsp3) is 0.158. The molecule has 1 amide bonds. The number of amides is 1. The largest absolute Gasteiger partial charge is 0.508 e. The first-order valence-corrected chi connectivity index (χ1v) is 8.07. The van der Waals surface area contributed by atoms with Crippen LogP contribution in [0, 0.1) is 0 Å². The SMILES string of the molecule is CCc1cc(-c2[nH]ncc2NC(=O)c2ccc(OC)cc2)c(O)cc1O. The molecule has 7 heteroatoms. The minimum absolute atomic E-state index is 0.0251. The quantitative estimate of drug-likeness (QED) is 0.563. The molecular weight excluding hydrogens is 334 g/mol. The number of carbonyl (C=O) groups excluding carboxylic acids is 1. The molecule has 0 fully saturated rings. The van der Waals surface area contributed by atoms with Gasteiger partial charge in [-0.3, -0.25) is 9.89 Å². The predicted molar refractivity (Wildman–Crippen MR) is 97.7 cm³/mol. The Morgan fingerprint density at radius 1 is 1.19 bits per heavy atom. The van der Waals surface area contributed by atoms with Gasteiger partial charge in [-0.25, -0.2) is 0 Å². The molecule has 26 heavy (non-hydrogen) atoms. The van der Waals surface area contributed by atoms with E-state index in [1.54, 1.807) is 37.4 Å². The molecule has 0 saturated heterocycles. The number of phenols is 2. The summed E-state index contributed by atoms with van der Waals surface area (Å²) in [6.45, 7) is 1.90. The summed E-state index contributed by atoms with van der Waals surface area (Å²) in [6.07, 6.45) is 2.06. The van der Waals surface area contributed by atoms with Crippen molar-refractivity contribution >= 4 is 11.6 Å². The Hall–Kier alpha value is -3.48. The van der Waals surface area contributed by atoms with E-state index in [1.165, 1.54) is 12.3 Å². The third-order valence-corrected chi connectivity index (χ3v) is 4.09. The molecule has 134 valence electrons. The third-order valence-electron chi connectivity index (χ3n) is 4.09. The standard InChI is InChI=1S/C19H19N3O4/c1-3-11-8-14(17(24)9-16(11)23)18-15(10-20-22-18)21-19(25)12-4-6-13(26-2)7-5-12/h4-10,23-24H,3H2,1-2H3,(H,20,22)(H,21,25). The van der Waals surface area contributed by atoms with Crippen LogP contribution in [-0.2, 0) is 6.42 Å². The summed E-state index contributed by atoms with van der Waals surface area (Å²) in [5, 5.41) is 29.6. The van der Waals surface area contributed by atoms with Crippen molar-refractivity contribution in [3.63, 3.8) is 0 Å². The van der Waals surface area contributed by atoms with Gasteiger partial charge in [-0.1, -0.05) is 6.92 Å². The van der Waals surface area contributed by atoms with Crippen molar-refractivity contribution in [3.8, 4) is 28.5 Å². The molecule has 0 atom stereocenters. The van der Waals surface area contributed by atoms with Gasteiger partial charge in [-0.15, -0.1) is 0 Å². The summed E-state index contributed by atoms with van der Waals surface area (Å²) in [5.74, 6) is 0.261. The van der Waals surface area contributed by atoms with Crippen molar-refractivity contribution < 1.29 is 19.7 Å². The van der Waals surface area contributed by atoms with E-state index in [1.807, 2.05) is 6.92 Å². The minimum Gasteiger partial charge on any atom is -0.508 e. The molecule has 0 aliphatic rings. The molecular formula is C19H19N3O4. The van der Waals surface area contributed by atoms with Crippen LogP contribution in [0.15, 0.2) is 42.6 Å². The number of rotatable bonds is 5. The van der Waals surface area contributed by atoms with E-state index in [0.29, 0.717) is 40.2 Å².